The molecule has 0 saturated heterocycles. The Labute approximate surface area is 117 Å². The highest BCUT2D eigenvalue weighted by atomic mass is 79.9. The molecule has 92 valence electrons. The van der Waals surface area contributed by atoms with E-state index in [-0.39, 0.29) is 5.97 Å². The van der Waals surface area contributed by atoms with Crippen molar-refractivity contribution in [2.24, 2.45) is 0 Å². The zero-order valence-electron chi connectivity index (χ0n) is 9.60. The van der Waals surface area contributed by atoms with Gasteiger partial charge in [-0.2, -0.15) is 0 Å². The fourth-order valence-electron chi connectivity index (χ4n) is 1.08. The molecule has 0 aromatic heterocycles. The van der Waals surface area contributed by atoms with E-state index in [2.05, 4.69) is 38.4 Å². The Balaban J connectivity index is 3.16. The molecule has 0 aliphatic heterocycles. The normalized spacial score (nSPS) is 10.5. The fraction of sp³-hybridized carbons (Fsp3) is 0.727. The van der Waals surface area contributed by atoms with Crippen LogP contribution in [0.4, 0.5) is 0 Å². The first-order chi connectivity index (χ1) is 7.54. The summed E-state index contributed by atoms with van der Waals surface area (Å²) in [7, 11) is 0.930. The van der Waals surface area contributed by atoms with E-state index < -0.39 is 0 Å². The van der Waals surface area contributed by atoms with E-state index in [9.17, 15) is 4.79 Å². The van der Waals surface area contributed by atoms with Gasteiger partial charge < -0.3 is 4.74 Å². The lowest BCUT2D eigenvalue weighted by Crippen LogP contribution is -2.06. The number of esters is 1. The SMILES string of the molecule is C=C(C)C(=O)OCCCCCC[Si]C(Br)Br. The number of ether oxygens (including phenoxy) is 1. The molecule has 0 unspecified atom stereocenters. The second kappa shape index (κ2) is 10.5. The number of rotatable bonds is 9. The van der Waals surface area contributed by atoms with Crippen molar-refractivity contribution in [2.75, 3.05) is 6.61 Å². The average Bonchev–Trinajstić information content (AvgIpc) is 2.21. The molecule has 0 bridgehead atoms. The van der Waals surface area contributed by atoms with E-state index in [4.69, 9.17) is 4.74 Å². The van der Waals surface area contributed by atoms with E-state index in [0.717, 1.165) is 22.4 Å². The van der Waals surface area contributed by atoms with Crippen LogP contribution in [0, 0.1) is 0 Å². The first kappa shape index (κ1) is 16.4. The predicted octanol–water partition coefficient (Wildman–Crippen LogP) is 3.86. The lowest BCUT2D eigenvalue weighted by molar-refractivity contribution is -0.139. The Bertz CT molecular complexity index is 220. The highest BCUT2D eigenvalue weighted by Crippen LogP contribution is 2.11. The van der Waals surface area contributed by atoms with Crippen LogP contribution in [0.1, 0.15) is 32.6 Å². The van der Waals surface area contributed by atoms with Gasteiger partial charge in [-0.05, 0) is 13.3 Å². The highest BCUT2D eigenvalue weighted by molar-refractivity contribution is 9.25. The Hall–Kier alpha value is 0.387. The van der Waals surface area contributed by atoms with Gasteiger partial charge in [0.15, 0.2) is 0 Å². The van der Waals surface area contributed by atoms with Gasteiger partial charge in [-0.25, -0.2) is 4.79 Å². The van der Waals surface area contributed by atoms with Crippen molar-refractivity contribution in [3.8, 4) is 0 Å². The van der Waals surface area contributed by atoms with Gasteiger partial charge in [0.05, 0.1) is 19.5 Å². The molecular weight excluding hydrogens is 352 g/mol. The third kappa shape index (κ3) is 10.9. The summed E-state index contributed by atoms with van der Waals surface area (Å²) in [5.74, 6) is -0.275. The lowest BCUT2D eigenvalue weighted by atomic mass is 10.2. The smallest absolute Gasteiger partial charge is 0.333 e. The van der Waals surface area contributed by atoms with Crippen LogP contribution in [0.3, 0.4) is 0 Å². The second-order valence-electron chi connectivity index (χ2n) is 3.59. The van der Waals surface area contributed by atoms with Crippen molar-refractivity contribution in [1.82, 2.24) is 0 Å². The summed E-state index contributed by atoms with van der Waals surface area (Å²) >= 11 is 6.92. The predicted molar refractivity (Wildman–Crippen MR) is 76.4 cm³/mol. The molecule has 0 aliphatic rings. The Morgan fingerprint density at radius 2 is 1.94 bits per heavy atom. The highest BCUT2D eigenvalue weighted by Gasteiger charge is 2.02. The molecule has 5 heteroatoms. The molecule has 0 heterocycles. The zero-order valence-corrected chi connectivity index (χ0v) is 13.8. The molecular formula is C11H18Br2O2Si. The summed E-state index contributed by atoms with van der Waals surface area (Å²) in [6.45, 7) is 5.72. The molecule has 0 N–H and O–H groups in total. The maximum absolute atomic E-state index is 11.0. The maximum atomic E-state index is 11.0. The van der Waals surface area contributed by atoms with Gasteiger partial charge in [-0.1, -0.05) is 63.7 Å². The van der Waals surface area contributed by atoms with Crippen molar-refractivity contribution in [1.29, 1.82) is 0 Å². The summed E-state index contributed by atoms with van der Waals surface area (Å²) in [5, 5.41) is 0. The molecule has 0 rings (SSSR count). The van der Waals surface area contributed by atoms with Gasteiger partial charge in [0.1, 0.15) is 0 Å². The molecule has 0 aromatic carbocycles. The summed E-state index contributed by atoms with van der Waals surface area (Å²) in [6.07, 6.45) is 4.54. The van der Waals surface area contributed by atoms with E-state index in [1.54, 1.807) is 6.92 Å². The minimum atomic E-state index is -0.275. The molecule has 0 aromatic rings. The van der Waals surface area contributed by atoms with Crippen LogP contribution in [0.15, 0.2) is 12.2 Å². The molecule has 2 radical (unpaired) electrons. The van der Waals surface area contributed by atoms with Gasteiger partial charge in [0.2, 0.25) is 0 Å². The lowest BCUT2D eigenvalue weighted by Gasteiger charge is -2.04. The molecule has 0 saturated carbocycles. The molecule has 0 spiro atoms. The van der Waals surface area contributed by atoms with E-state index >= 15 is 0 Å². The number of hydrogen-bond donors (Lipinski definition) is 0. The van der Waals surface area contributed by atoms with Crippen molar-refractivity contribution in [2.45, 2.75) is 42.0 Å². The van der Waals surface area contributed by atoms with Crippen LogP contribution in [0.5, 0.6) is 0 Å². The van der Waals surface area contributed by atoms with Gasteiger partial charge >= 0.3 is 5.97 Å². The summed E-state index contributed by atoms with van der Waals surface area (Å²) in [4.78, 5) is 11.0. The Morgan fingerprint density at radius 1 is 1.31 bits per heavy atom. The fourth-order valence-corrected chi connectivity index (χ4v) is 3.13. The van der Waals surface area contributed by atoms with Gasteiger partial charge in [-0.3, -0.25) is 0 Å². The zero-order chi connectivity index (χ0) is 12.4. The standard InChI is InChI=1S/C11H18Br2O2Si/c1-9(2)10(14)15-7-5-3-4-6-8-16-11(12)13/h11H,1,3-8H2,2H3. The number of carbonyl (C=O) groups excluding carboxylic acids is 1. The van der Waals surface area contributed by atoms with Crippen LogP contribution < -0.4 is 0 Å². The van der Waals surface area contributed by atoms with E-state index in [0.29, 0.717) is 15.5 Å². The topological polar surface area (TPSA) is 26.3 Å². The van der Waals surface area contributed by atoms with Gasteiger partial charge in [-0.15, -0.1) is 0 Å². The number of carbonyl (C=O) groups is 1. The van der Waals surface area contributed by atoms with Crippen LogP contribution in [0.2, 0.25) is 6.04 Å². The Morgan fingerprint density at radius 3 is 2.50 bits per heavy atom. The number of halogens is 2. The molecule has 0 fully saturated rings. The summed E-state index contributed by atoms with van der Waals surface area (Å²) < 4.78 is 5.47. The van der Waals surface area contributed by atoms with Crippen molar-refractivity contribution in [3.05, 3.63) is 12.2 Å². The minimum absolute atomic E-state index is 0.275. The molecule has 16 heavy (non-hydrogen) atoms. The first-order valence-corrected chi connectivity index (χ1v) is 8.49. The molecule has 0 aliphatic carbocycles. The number of unbranched alkanes of at least 4 members (excludes halogenated alkanes) is 3. The first-order valence-electron chi connectivity index (χ1n) is 5.38. The monoisotopic (exact) mass is 368 g/mol. The van der Waals surface area contributed by atoms with E-state index in [1.165, 1.54) is 18.9 Å². The molecule has 0 atom stereocenters. The Kier molecular flexibility index (Phi) is 10.8. The summed E-state index contributed by atoms with van der Waals surface area (Å²) in [5.41, 5.74) is 0.474. The van der Waals surface area contributed by atoms with Crippen molar-refractivity contribution in [3.63, 3.8) is 0 Å². The van der Waals surface area contributed by atoms with Crippen LogP contribution in [-0.2, 0) is 9.53 Å². The van der Waals surface area contributed by atoms with Gasteiger partial charge in [0, 0.05) is 5.57 Å². The van der Waals surface area contributed by atoms with Crippen LogP contribution in [-0.4, -0.2) is 25.5 Å². The van der Waals surface area contributed by atoms with Crippen molar-refractivity contribution < 1.29 is 9.53 Å². The van der Waals surface area contributed by atoms with E-state index in [1.807, 2.05) is 0 Å². The number of hydrogen-bond acceptors (Lipinski definition) is 2. The van der Waals surface area contributed by atoms with Crippen molar-refractivity contribution >= 4 is 47.3 Å². The third-order valence-electron chi connectivity index (χ3n) is 1.95. The van der Waals surface area contributed by atoms with Crippen LogP contribution >= 0.6 is 31.9 Å². The average molecular weight is 370 g/mol. The van der Waals surface area contributed by atoms with Gasteiger partial charge in [0.25, 0.3) is 0 Å². The molecule has 0 amide bonds. The quantitative estimate of drug-likeness (QED) is 0.203. The largest absolute Gasteiger partial charge is 0.462 e. The third-order valence-corrected chi connectivity index (χ3v) is 4.84. The van der Waals surface area contributed by atoms with Crippen LogP contribution in [0.25, 0.3) is 0 Å². The summed E-state index contributed by atoms with van der Waals surface area (Å²) in [6, 6.07) is 1.26. The minimum Gasteiger partial charge on any atom is -0.462 e. The molecule has 2 nitrogen and oxygen atoms in total. The second-order valence-corrected chi connectivity index (χ2v) is 9.82. The number of alkyl halides is 2. The maximum Gasteiger partial charge on any atom is 0.333 e.